The summed E-state index contributed by atoms with van der Waals surface area (Å²) < 4.78 is 2.41. The summed E-state index contributed by atoms with van der Waals surface area (Å²) in [6, 6.07) is 19.3. The van der Waals surface area contributed by atoms with Crippen molar-refractivity contribution in [2.45, 2.75) is 26.8 Å². The van der Waals surface area contributed by atoms with E-state index in [0.717, 1.165) is 24.4 Å². The number of aromatic nitrogens is 1. The topological polar surface area (TPSA) is 15.9 Å². The first-order chi connectivity index (χ1) is 13.3. The minimum absolute atomic E-state index is 0.954. The van der Waals surface area contributed by atoms with Crippen molar-refractivity contribution >= 4 is 28.7 Å². The number of aryl methyl sites for hydroxylation is 2. The second-order valence-corrected chi connectivity index (χ2v) is 6.74. The van der Waals surface area contributed by atoms with E-state index in [1.165, 1.54) is 27.7 Å². The molecule has 0 saturated carbocycles. The Bertz CT molecular complexity index is 1070. The van der Waals surface area contributed by atoms with Gasteiger partial charge >= 0.3 is 0 Å². The monoisotopic (exact) mass is 353 g/mol. The molecule has 0 atom stereocenters. The highest BCUT2D eigenvalue weighted by atomic mass is 15.0. The normalized spacial score (nSPS) is 14.7. The van der Waals surface area contributed by atoms with Crippen molar-refractivity contribution in [3.8, 4) is 0 Å². The Balaban J connectivity index is 1.69. The zero-order chi connectivity index (χ0) is 18.6. The van der Waals surface area contributed by atoms with Gasteiger partial charge in [-0.1, -0.05) is 49.4 Å². The summed E-state index contributed by atoms with van der Waals surface area (Å²) in [5, 5.41) is 4.79. The SMILES string of the molecule is CCc1cc2ccccc2[n+](CC)c1C=CC=C1C=Cc2ccccc2N1. The van der Waals surface area contributed by atoms with Gasteiger partial charge in [-0.15, -0.1) is 0 Å². The third kappa shape index (κ3) is 3.43. The van der Waals surface area contributed by atoms with Gasteiger partial charge in [0.25, 0.3) is 0 Å². The number of pyridine rings is 1. The summed E-state index contributed by atoms with van der Waals surface area (Å²) in [4.78, 5) is 0. The minimum atomic E-state index is 0.954. The van der Waals surface area contributed by atoms with Crippen LogP contribution in [0.5, 0.6) is 0 Å². The Hall–Kier alpha value is -3.13. The predicted octanol–water partition coefficient (Wildman–Crippen LogP) is 5.75. The first-order valence-corrected chi connectivity index (χ1v) is 9.67. The number of benzene rings is 2. The van der Waals surface area contributed by atoms with Crippen LogP contribution in [0.15, 0.2) is 78.5 Å². The van der Waals surface area contributed by atoms with Crippen LogP contribution in [-0.2, 0) is 13.0 Å². The zero-order valence-electron chi connectivity index (χ0n) is 15.9. The van der Waals surface area contributed by atoms with Gasteiger partial charge in [0, 0.05) is 34.5 Å². The van der Waals surface area contributed by atoms with Gasteiger partial charge in [-0.25, -0.2) is 0 Å². The number of fused-ring (bicyclic) bond motifs is 2. The lowest BCUT2D eigenvalue weighted by Crippen LogP contribution is -2.37. The molecule has 2 nitrogen and oxygen atoms in total. The van der Waals surface area contributed by atoms with Crippen molar-refractivity contribution in [1.82, 2.24) is 0 Å². The summed E-state index contributed by atoms with van der Waals surface area (Å²) in [5.74, 6) is 0. The third-order valence-corrected chi connectivity index (χ3v) is 5.09. The van der Waals surface area contributed by atoms with Crippen molar-refractivity contribution in [3.05, 3.63) is 95.3 Å². The number of allylic oxidation sites excluding steroid dienone is 3. The summed E-state index contributed by atoms with van der Waals surface area (Å²) in [6.07, 6.45) is 11.8. The second-order valence-electron chi connectivity index (χ2n) is 6.74. The molecule has 2 aromatic carbocycles. The van der Waals surface area contributed by atoms with Crippen LogP contribution in [0, 0.1) is 0 Å². The highest BCUT2D eigenvalue weighted by Gasteiger charge is 2.16. The number of rotatable bonds is 4. The molecule has 0 unspecified atom stereocenters. The maximum absolute atomic E-state index is 3.49. The van der Waals surface area contributed by atoms with Crippen LogP contribution < -0.4 is 9.88 Å². The van der Waals surface area contributed by atoms with E-state index in [1.54, 1.807) is 0 Å². The van der Waals surface area contributed by atoms with Gasteiger partial charge in [0.15, 0.2) is 0 Å². The van der Waals surface area contributed by atoms with Gasteiger partial charge in [0.2, 0.25) is 11.2 Å². The highest BCUT2D eigenvalue weighted by molar-refractivity contribution is 5.78. The van der Waals surface area contributed by atoms with E-state index in [9.17, 15) is 0 Å². The third-order valence-electron chi connectivity index (χ3n) is 5.09. The second kappa shape index (κ2) is 7.63. The smallest absolute Gasteiger partial charge is 0.212 e. The van der Waals surface area contributed by atoms with Crippen LogP contribution in [-0.4, -0.2) is 0 Å². The molecule has 1 aliphatic rings. The number of para-hydroxylation sites is 2. The lowest BCUT2D eigenvalue weighted by Gasteiger charge is -2.14. The molecule has 2 heterocycles. The van der Waals surface area contributed by atoms with E-state index in [1.807, 2.05) is 0 Å². The van der Waals surface area contributed by atoms with Gasteiger partial charge < -0.3 is 5.32 Å². The van der Waals surface area contributed by atoms with Crippen LogP contribution in [0.3, 0.4) is 0 Å². The van der Waals surface area contributed by atoms with Gasteiger partial charge in [-0.05, 0) is 49.3 Å². The van der Waals surface area contributed by atoms with Crippen LogP contribution in [0.1, 0.15) is 30.7 Å². The van der Waals surface area contributed by atoms with Gasteiger partial charge in [0.1, 0.15) is 6.54 Å². The number of nitrogens with one attached hydrogen (secondary N) is 1. The summed E-state index contributed by atoms with van der Waals surface area (Å²) >= 11 is 0. The van der Waals surface area contributed by atoms with E-state index in [0.29, 0.717) is 0 Å². The van der Waals surface area contributed by atoms with Crippen molar-refractivity contribution in [3.63, 3.8) is 0 Å². The Morgan fingerprint density at radius 3 is 2.63 bits per heavy atom. The fourth-order valence-electron chi connectivity index (χ4n) is 3.71. The molecule has 0 amide bonds. The Morgan fingerprint density at radius 1 is 0.963 bits per heavy atom. The van der Waals surface area contributed by atoms with E-state index in [2.05, 4.69) is 109 Å². The largest absolute Gasteiger partial charge is 0.355 e. The highest BCUT2D eigenvalue weighted by Crippen LogP contribution is 2.24. The summed E-state index contributed by atoms with van der Waals surface area (Å²) in [6.45, 7) is 5.39. The molecular weight excluding hydrogens is 328 g/mol. The van der Waals surface area contributed by atoms with E-state index < -0.39 is 0 Å². The fourth-order valence-corrected chi connectivity index (χ4v) is 3.71. The molecule has 3 aromatic rings. The molecule has 1 aromatic heterocycles. The Labute approximate surface area is 161 Å². The first-order valence-electron chi connectivity index (χ1n) is 9.67. The zero-order valence-corrected chi connectivity index (χ0v) is 15.9. The van der Waals surface area contributed by atoms with Crippen molar-refractivity contribution in [2.24, 2.45) is 0 Å². The molecule has 0 aliphatic carbocycles. The van der Waals surface area contributed by atoms with Crippen molar-refractivity contribution in [2.75, 3.05) is 5.32 Å². The van der Waals surface area contributed by atoms with E-state index >= 15 is 0 Å². The number of hydrogen-bond acceptors (Lipinski definition) is 1. The predicted molar refractivity (Wildman–Crippen MR) is 115 cm³/mol. The number of anilines is 1. The lowest BCUT2D eigenvalue weighted by atomic mass is 10.0. The van der Waals surface area contributed by atoms with Gasteiger partial charge in [0.05, 0.1) is 0 Å². The Kier molecular flexibility index (Phi) is 4.88. The average molecular weight is 353 g/mol. The molecule has 4 rings (SSSR count). The molecule has 0 spiro atoms. The molecule has 1 N–H and O–H groups in total. The van der Waals surface area contributed by atoms with Crippen molar-refractivity contribution < 1.29 is 4.57 Å². The standard InChI is InChI=1S/C25H24N2/c1-3-19-18-21-11-6-8-14-25(21)27(4-2)24(19)15-9-12-22-17-16-20-10-5-7-13-23(20)26-22/h5-18H,3-4H2,1-2H3/p+1. The molecular formula is C25H25N2+. The summed E-state index contributed by atoms with van der Waals surface area (Å²) in [5.41, 5.74) is 7.44. The number of nitrogens with zero attached hydrogens (tertiary/aromatic N) is 1. The van der Waals surface area contributed by atoms with E-state index in [4.69, 9.17) is 0 Å². The molecule has 0 radical (unpaired) electrons. The maximum Gasteiger partial charge on any atom is 0.212 e. The lowest BCUT2D eigenvalue weighted by molar-refractivity contribution is -0.669. The Morgan fingerprint density at radius 2 is 1.78 bits per heavy atom. The molecule has 134 valence electrons. The van der Waals surface area contributed by atoms with Crippen LogP contribution in [0.4, 0.5) is 5.69 Å². The molecule has 0 fully saturated rings. The minimum Gasteiger partial charge on any atom is -0.355 e. The molecule has 1 aliphatic heterocycles. The quantitative estimate of drug-likeness (QED) is 0.591. The molecule has 0 bridgehead atoms. The number of hydrogen-bond donors (Lipinski definition) is 1. The maximum atomic E-state index is 3.49. The van der Waals surface area contributed by atoms with E-state index in [-0.39, 0.29) is 0 Å². The van der Waals surface area contributed by atoms with Crippen LogP contribution in [0.25, 0.3) is 23.1 Å². The molecule has 27 heavy (non-hydrogen) atoms. The summed E-state index contributed by atoms with van der Waals surface area (Å²) in [7, 11) is 0. The molecule has 2 heteroatoms. The van der Waals surface area contributed by atoms with Crippen LogP contribution in [0.2, 0.25) is 0 Å². The average Bonchev–Trinajstić information content (AvgIpc) is 2.73. The van der Waals surface area contributed by atoms with Gasteiger partial charge in [-0.3, -0.25) is 0 Å². The van der Waals surface area contributed by atoms with Crippen molar-refractivity contribution in [1.29, 1.82) is 0 Å². The molecule has 0 saturated heterocycles. The van der Waals surface area contributed by atoms with Gasteiger partial charge in [-0.2, -0.15) is 4.57 Å². The van der Waals surface area contributed by atoms with Crippen LogP contribution >= 0.6 is 0 Å². The fraction of sp³-hybridized carbons (Fsp3) is 0.160. The first kappa shape index (κ1) is 17.3.